The Labute approximate surface area is 280 Å². The fraction of sp³-hybridized carbons (Fsp3) is 0.571. The zero-order valence-electron chi connectivity index (χ0n) is 27.9. The van der Waals surface area contributed by atoms with Gasteiger partial charge in [-0.05, 0) is 43.7 Å². The average molecular weight is 679 g/mol. The van der Waals surface area contributed by atoms with Crippen LogP contribution < -0.4 is 10.0 Å². The number of sulfonamides is 1. The molecule has 0 aliphatic carbocycles. The summed E-state index contributed by atoms with van der Waals surface area (Å²) in [5.41, 5.74) is -0.220. The van der Waals surface area contributed by atoms with E-state index in [4.69, 9.17) is 21.1 Å². The minimum Gasteiger partial charge on any atom is -0.457 e. The van der Waals surface area contributed by atoms with Crippen molar-refractivity contribution in [3.63, 3.8) is 0 Å². The number of ketones is 1. The van der Waals surface area contributed by atoms with Gasteiger partial charge in [-0.1, -0.05) is 115 Å². The molecule has 0 aliphatic heterocycles. The summed E-state index contributed by atoms with van der Waals surface area (Å²) in [6.07, 6.45) is 8.70. The Kier molecular flexibility index (Phi) is 16.8. The third-order valence-corrected chi connectivity index (χ3v) is 9.00. The molecule has 2 atom stereocenters. The van der Waals surface area contributed by atoms with Crippen LogP contribution in [0, 0.1) is 5.41 Å². The molecule has 0 aromatic heterocycles. The number of halogens is 1. The lowest BCUT2D eigenvalue weighted by molar-refractivity contribution is -0.148. The summed E-state index contributed by atoms with van der Waals surface area (Å²) in [7, 11) is -3.62. The molecule has 9 nitrogen and oxygen atoms in total. The SMILES string of the molecule is CCCCCCCCCCCCS(=O)(=O)Nc1ccc(Cl)c(NC(=O)C(OCC(C)OC(=O)c2ccccc2)C(=O)C(C)(C)C)c1. The van der Waals surface area contributed by atoms with E-state index >= 15 is 0 Å². The standard InChI is InChI=1S/C35H51ClN2O7S/c1-6-7-8-9-10-11-12-13-14-18-23-46(42,43)38-28-21-22-29(36)30(24-28)37-33(40)31(32(39)35(3,4)5)44-25-26(2)45-34(41)27-19-16-15-17-20-27/h15-17,19-22,24,26,31,38H,6-14,18,23,25H2,1-5H3,(H,37,40). The quantitative estimate of drug-likeness (QED) is 0.0774. The van der Waals surface area contributed by atoms with E-state index in [2.05, 4.69) is 17.0 Å². The first-order valence-corrected chi connectivity index (χ1v) is 18.3. The van der Waals surface area contributed by atoms with Crippen molar-refractivity contribution < 1.29 is 32.3 Å². The van der Waals surface area contributed by atoms with Gasteiger partial charge in [0.1, 0.15) is 6.10 Å². The highest BCUT2D eigenvalue weighted by atomic mass is 35.5. The molecule has 2 rings (SSSR count). The lowest BCUT2D eigenvalue weighted by atomic mass is 9.87. The van der Waals surface area contributed by atoms with Crippen LogP contribution in [0.5, 0.6) is 0 Å². The molecule has 0 aliphatic rings. The number of carbonyl (C=O) groups excluding carboxylic acids is 3. The number of anilines is 2. The van der Waals surface area contributed by atoms with Crippen LogP contribution in [0.25, 0.3) is 0 Å². The van der Waals surface area contributed by atoms with E-state index in [1.165, 1.54) is 56.7 Å². The minimum absolute atomic E-state index is 0.0170. The predicted molar refractivity (Wildman–Crippen MR) is 185 cm³/mol. The smallest absolute Gasteiger partial charge is 0.338 e. The maximum absolute atomic E-state index is 13.4. The maximum Gasteiger partial charge on any atom is 0.338 e. The molecular weight excluding hydrogens is 628 g/mol. The van der Waals surface area contributed by atoms with Crippen molar-refractivity contribution in [2.45, 2.75) is 111 Å². The summed E-state index contributed by atoms with van der Waals surface area (Å²) >= 11 is 6.33. The van der Waals surface area contributed by atoms with E-state index in [0.29, 0.717) is 12.0 Å². The number of benzene rings is 2. The third kappa shape index (κ3) is 14.6. The molecule has 0 heterocycles. The van der Waals surface area contributed by atoms with E-state index in [-0.39, 0.29) is 28.8 Å². The van der Waals surface area contributed by atoms with Crippen LogP contribution in [0.4, 0.5) is 11.4 Å². The second kappa shape index (κ2) is 19.7. The molecule has 1 amide bonds. The van der Waals surface area contributed by atoms with Crippen LogP contribution in [-0.2, 0) is 29.1 Å². The Bertz CT molecular complexity index is 1360. The topological polar surface area (TPSA) is 128 Å². The van der Waals surface area contributed by atoms with E-state index < -0.39 is 45.3 Å². The minimum atomic E-state index is -3.62. The first-order valence-electron chi connectivity index (χ1n) is 16.3. The van der Waals surface area contributed by atoms with Gasteiger partial charge >= 0.3 is 5.97 Å². The highest BCUT2D eigenvalue weighted by Crippen LogP contribution is 2.28. The largest absolute Gasteiger partial charge is 0.457 e. The van der Waals surface area contributed by atoms with Crippen molar-refractivity contribution in [2.24, 2.45) is 5.41 Å². The van der Waals surface area contributed by atoms with Crippen molar-refractivity contribution in [1.29, 1.82) is 0 Å². The second-order valence-electron chi connectivity index (χ2n) is 12.7. The Morgan fingerprint density at radius 3 is 2.04 bits per heavy atom. The van der Waals surface area contributed by atoms with E-state index in [1.807, 2.05) is 0 Å². The summed E-state index contributed by atoms with van der Waals surface area (Å²) in [4.78, 5) is 39.0. The van der Waals surface area contributed by atoms with E-state index in [0.717, 1.165) is 19.3 Å². The number of hydrogen-bond donors (Lipinski definition) is 2. The van der Waals surface area contributed by atoms with Crippen LogP contribution in [-0.4, -0.2) is 50.6 Å². The van der Waals surface area contributed by atoms with Gasteiger partial charge in [0.15, 0.2) is 11.9 Å². The highest BCUT2D eigenvalue weighted by molar-refractivity contribution is 7.92. The molecule has 256 valence electrons. The fourth-order valence-corrected chi connectivity index (χ4v) is 5.98. The van der Waals surface area contributed by atoms with Gasteiger partial charge in [-0.25, -0.2) is 13.2 Å². The van der Waals surface area contributed by atoms with Crippen molar-refractivity contribution in [3.05, 3.63) is 59.1 Å². The number of nitrogens with one attached hydrogen (secondary N) is 2. The van der Waals surface area contributed by atoms with Crippen LogP contribution in [0.2, 0.25) is 5.02 Å². The number of ether oxygens (including phenoxy) is 2. The number of hydrogen-bond acceptors (Lipinski definition) is 7. The van der Waals surface area contributed by atoms with Gasteiger partial charge in [-0.15, -0.1) is 0 Å². The number of esters is 1. The lowest BCUT2D eigenvalue weighted by Gasteiger charge is -2.25. The fourth-order valence-electron chi connectivity index (χ4n) is 4.65. The average Bonchev–Trinajstić information content (AvgIpc) is 2.99. The number of amides is 1. The molecule has 0 bridgehead atoms. The molecule has 2 N–H and O–H groups in total. The summed E-state index contributed by atoms with van der Waals surface area (Å²) in [6, 6.07) is 12.8. The van der Waals surface area contributed by atoms with Gasteiger partial charge in [-0.3, -0.25) is 14.3 Å². The number of unbranched alkanes of at least 4 members (excludes halogenated alkanes) is 9. The number of Topliss-reactive ketones (excluding diaryl/α,β-unsaturated/α-hetero) is 1. The maximum atomic E-state index is 13.4. The van der Waals surface area contributed by atoms with Gasteiger partial charge < -0.3 is 14.8 Å². The molecule has 11 heteroatoms. The summed E-state index contributed by atoms with van der Waals surface area (Å²) in [5, 5.41) is 2.76. The Balaban J connectivity index is 1.96. The molecule has 2 aromatic rings. The van der Waals surface area contributed by atoms with Gasteiger partial charge in [0.2, 0.25) is 10.0 Å². The lowest BCUT2D eigenvalue weighted by Crippen LogP contribution is -2.44. The van der Waals surface area contributed by atoms with Crippen molar-refractivity contribution >= 4 is 50.7 Å². The van der Waals surface area contributed by atoms with Crippen LogP contribution in [0.3, 0.4) is 0 Å². The summed E-state index contributed by atoms with van der Waals surface area (Å²) < 4.78 is 39.2. The van der Waals surface area contributed by atoms with E-state index in [1.54, 1.807) is 58.0 Å². The molecular formula is C35H51ClN2O7S. The Hall–Kier alpha value is -2.95. The molecule has 2 unspecified atom stereocenters. The van der Waals surface area contributed by atoms with Crippen LogP contribution >= 0.6 is 11.6 Å². The zero-order valence-corrected chi connectivity index (χ0v) is 29.5. The first-order chi connectivity index (χ1) is 21.7. The number of carbonyl (C=O) groups is 3. The van der Waals surface area contributed by atoms with Crippen LogP contribution in [0.1, 0.15) is 109 Å². The monoisotopic (exact) mass is 678 g/mol. The van der Waals surface area contributed by atoms with Crippen molar-refractivity contribution in [3.8, 4) is 0 Å². The van der Waals surface area contributed by atoms with Gasteiger partial charge in [0.25, 0.3) is 5.91 Å². The number of rotatable bonds is 21. The highest BCUT2D eigenvalue weighted by Gasteiger charge is 2.36. The molecule has 2 aromatic carbocycles. The molecule has 0 spiro atoms. The van der Waals surface area contributed by atoms with Crippen LogP contribution in [0.15, 0.2) is 48.5 Å². The first kappa shape index (κ1) is 39.2. The molecule has 0 saturated carbocycles. The molecule has 0 fully saturated rings. The Morgan fingerprint density at radius 2 is 1.46 bits per heavy atom. The summed E-state index contributed by atoms with van der Waals surface area (Å²) in [6.45, 7) is 8.57. The van der Waals surface area contributed by atoms with E-state index in [9.17, 15) is 22.8 Å². The molecule has 46 heavy (non-hydrogen) atoms. The molecule has 0 saturated heterocycles. The third-order valence-electron chi connectivity index (χ3n) is 7.29. The predicted octanol–water partition coefficient (Wildman–Crippen LogP) is 8.19. The normalized spacial score (nSPS) is 13.1. The van der Waals surface area contributed by atoms with Gasteiger partial charge in [-0.2, -0.15) is 0 Å². The Morgan fingerprint density at radius 1 is 0.870 bits per heavy atom. The zero-order chi connectivity index (χ0) is 34.2. The second-order valence-corrected chi connectivity index (χ2v) is 14.9. The van der Waals surface area contributed by atoms with Crippen molar-refractivity contribution in [2.75, 3.05) is 22.4 Å². The van der Waals surface area contributed by atoms with Gasteiger partial charge in [0.05, 0.1) is 34.3 Å². The molecule has 0 radical (unpaired) electrons. The summed E-state index contributed by atoms with van der Waals surface area (Å²) in [5.74, 6) is -1.85. The van der Waals surface area contributed by atoms with Gasteiger partial charge in [0, 0.05) is 5.41 Å². The van der Waals surface area contributed by atoms with Crippen molar-refractivity contribution in [1.82, 2.24) is 0 Å².